The summed E-state index contributed by atoms with van der Waals surface area (Å²) in [4.78, 5) is 4.36. The summed E-state index contributed by atoms with van der Waals surface area (Å²) in [5, 5.41) is 0.691. The number of para-hydroxylation sites is 1. The number of aromatic nitrogens is 2. The number of halogens is 1. The second-order valence-electron chi connectivity index (χ2n) is 4.97. The van der Waals surface area contributed by atoms with E-state index in [9.17, 15) is 0 Å². The standard InChI is InChI=1S/C16H16ClN3/c1-11-4-2-5-12(10-11)8-9-20-15-13(17)6-3-7-14(15)19-16(20)18/h2-7,10H,8-9H2,1H3,(H2,18,19). The van der Waals surface area contributed by atoms with Crippen molar-refractivity contribution in [3.63, 3.8) is 0 Å². The third-order valence-corrected chi connectivity index (χ3v) is 3.76. The topological polar surface area (TPSA) is 43.8 Å². The molecule has 0 spiro atoms. The molecule has 0 amide bonds. The Bertz CT molecular complexity index is 762. The minimum absolute atomic E-state index is 0.515. The summed E-state index contributed by atoms with van der Waals surface area (Å²) in [5.41, 5.74) is 10.3. The summed E-state index contributed by atoms with van der Waals surface area (Å²) in [5.74, 6) is 0.515. The molecule has 20 heavy (non-hydrogen) atoms. The second-order valence-corrected chi connectivity index (χ2v) is 5.38. The Kier molecular flexibility index (Phi) is 3.36. The molecule has 3 aromatic rings. The van der Waals surface area contributed by atoms with E-state index in [4.69, 9.17) is 17.3 Å². The summed E-state index contributed by atoms with van der Waals surface area (Å²) in [6, 6.07) is 14.2. The van der Waals surface area contributed by atoms with Gasteiger partial charge in [-0.1, -0.05) is 47.5 Å². The average Bonchev–Trinajstić information content (AvgIpc) is 2.74. The van der Waals surface area contributed by atoms with Crippen molar-refractivity contribution in [3.8, 4) is 0 Å². The number of nitrogens with zero attached hydrogens (tertiary/aromatic N) is 2. The van der Waals surface area contributed by atoms with Crippen LogP contribution in [0.5, 0.6) is 0 Å². The van der Waals surface area contributed by atoms with Gasteiger partial charge in [0.2, 0.25) is 5.95 Å². The first-order valence-corrected chi connectivity index (χ1v) is 6.99. The maximum absolute atomic E-state index is 6.27. The monoisotopic (exact) mass is 285 g/mol. The van der Waals surface area contributed by atoms with Gasteiger partial charge in [-0.3, -0.25) is 0 Å². The molecule has 0 fully saturated rings. The van der Waals surface area contributed by atoms with E-state index in [1.54, 1.807) is 0 Å². The van der Waals surface area contributed by atoms with Gasteiger partial charge in [0.15, 0.2) is 0 Å². The number of aryl methyl sites for hydroxylation is 3. The van der Waals surface area contributed by atoms with Crippen LogP contribution in [0.1, 0.15) is 11.1 Å². The van der Waals surface area contributed by atoms with Crippen LogP contribution >= 0.6 is 11.6 Å². The van der Waals surface area contributed by atoms with Crippen LogP contribution in [0.2, 0.25) is 5.02 Å². The van der Waals surface area contributed by atoms with E-state index in [2.05, 4.69) is 36.2 Å². The minimum atomic E-state index is 0.515. The SMILES string of the molecule is Cc1cccc(CCn2c(N)nc3cccc(Cl)c32)c1. The summed E-state index contributed by atoms with van der Waals surface area (Å²) in [7, 11) is 0. The Hall–Kier alpha value is -2.00. The highest BCUT2D eigenvalue weighted by atomic mass is 35.5. The lowest BCUT2D eigenvalue weighted by Gasteiger charge is -2.08. The predicted octanol–water partition coefficient (Wildman–Crippen LogP) is 3.82. The molecule has 2 aromatic carbocycles. The smallest absolute Gasteiger partial charge is 0.201 e. The van der Waals surface area contributed by atoms with Crippen molar-refractivity contribution < 1.29 is 0 Å². The molecule has 2 N–H and O–H groups in total. The molecule has 0 saturated heterocycles. The fraction of sp³-hybridized carbons (Fsp3) is 0.188. The zero-order valence-electron chi connectivity index (χ0n) is 11.3. The van der Waals surface area contributed by atoms with Crippen LogP contribution in [0.25, 0.3) is 11.0 Å². The van der Waals surface area contributed by atoms with E-state index in [0.29, 0.717) is 11.0 Å². The van der Waals surface area contributed by atoms with Gasteiger partial charge in [-0.25, -0.2) is 4.98 Å². The highest BCUT2D eigenvalue weighted by Crippen LogP contribution is 2.25. The van der Waals surface area contributed by atoms with Crippen LogP contribution in [0.4, 0.5) is 5.95 Å². The zero-order valence-corrected chi connectivity index (χ0v) is 12.1. The number of rotatable bonds is 3. The van der Waals surface area contributed by atoms with Crippen molar-refractivity contribution in [2.45, 2.75) is 19.9 Å². The van der Waals surface area contributed by atoms with Crippen molar-refractivity contribution in [1.29, 1.82) is 0 Å². The molecule has 0 aliphatic heterocycles. The lowest BCUT2D eigenvalue weighted by atomic mass is 10.1. The predicted molar refractivity (Wildman–Crippen MR) is 84.0 cm³/mol. The molecule has 1 heterocycles. The quantitative estimate of drug-likeness (QED) is 0.795. The van der Waals surface area contributed by atoms with Crippen molar-refractivity contribution in [2.75, 3.05) is 5.73 Å². The molecule has 102 valence electrons. The Balaban J connectivity index is 1.93. The zero-order chi connectivity index (χ0) is 14.1. The molecule has 0 aliphatic carbocycles. The lowest BCUT2D eigenvalue weighted by molar-refractivity contribution is 0.726. The van der Waals surface area contributed by atoms with Gasteiger partial charge in [0.1, 0.15) is 0 Å². The molecular formula is C16H16ClN3. The second kappa shape index (κ2) is 5.17. The average molecular weight is 286 g/mol. The van der Waals surface area contributed by atoms with Gasteiger partial charge >= 0.3 is 0 Å². The van der Waals surface area contributed by atoms with Gasteiger partial charge in [0.05, 0.1) is 16.1 Å². The van der Waals surface area contributed by atoms with Crippen LogP contribution in [0, 0.1) is 6.92 Å². The van der Waals surface area contributed by atoms with Crippen molar-refractivity contribution in [3.05, 3.63) is 58.6 Å². The number of nitrogens with two attached hydrogens (primary N) is 1. The largest absolute Gasteiger partial charge is 0.369 e. The number of fused-ring (bicyclic) bond motifs is 1. The van der Waals surface area contributed by atoms with Gasteiger partial charge in [0.25, 0.3) is 0 Å². The summed E-state index contributed by atoms with van der Waals surface area (Å²) in [6.45, 7) is 2.87. The minimum Gasteiger partial charge on any atom is -0.369 e. The summed E-state index contributed by atoms with van der Waals surface area (Å²) >= 11 is 6.27. The van der Waals surface area contributed by atoms with E-state index in [-0.39, 0.29) is 0 Å². The van der Waals surface area contributed by atoms with Gasteiger partial charge in [0, 0.05) is 6.54 Å². The molecule has 0 bridgehead atoms. The van der Waals surface area contributed by atoms with E-state index in [1.165, 1.54) is 11.1 Å². The highest BCUT2D eigenvalue weighted by molar-refractivity contribution is 6.35. The van der Waals surface area contributed by atoms with Crippen molar-refractivity contribution in [2.24, 2.45) is 0 Å². The molecule has 1 aromatic heterocycles. The third-order valence-electron chi connectivity index (χ3n) is 3.45. The van der Waals surface area contributed by atoms with Gasteiger partial charge in [-0.2, -0.15) is 0 Å². The molecule has 3 nitrogen and oxygen atoms in total. The molecular weight excluding hydrogens is 270 g/mol. The Morgan fingerprint density at radius 2 is 2.00 bits per heavy atom. The Morgan fingerprint density at radius 3 is 2.80 bits per heavy atom. The third kappa shape index (κ3) is 2.37. The van der Waals surface area contributed by atoms with Gasteiger partial charge in [-0.05, 0) is 31.0 Å². The van der Waals surface area contributed by atoms with Crippen LogP contribution < -0.4 is 5.73 Å². The first kappa shape index (κ1) is 13.0. The van der Waals surface area contributed by atoms with Crippen molar-refractivity contribution >= 4 is 28.6 Å². The molecule has 0 radical (unpaired) electrons. The number of imidazole rings is 1. The maximum Gasteiger partial charge on any atom is 0.201 e. The Morgan fingerprint density at radius 1 is 1.20 bits per heavy atom. The number of nitrogen functional groups attached to an aromatic ring is 1. The summed E-state index contributed by atoms with van der Waals surface area (Å²) < 4.78 is 1.99. The van der Waals surface area contributed by atoms with Gasteiger partial charge in [-0.15, -0.1) is 0 Å². The molecule has 3 rings (SSSR count). The summed E-state index contributed by atoms with van der Waals surface area (Å²) in [6.07, 6.45) is 0.905. The van der Waals surface area contributed by atoms with E-state index >= 15 is 0 Å². The highest BCUT2D eigenvalue weighted by Gasteiger charge is 2.10. The normalized spacial score (nSPS) is 11.1. The number of anilines is 1. The molecule has 0 saturated carbocycles. The molecule has 0 unspecified atom stereocenters. The van der Waals surface area contributed by atoms with Crippen molar-refractivity contribution in [1.82, 2.24) is 9.55 Å². The van der Waals surface area contributed by atoms with E-state index in [0.717, 1.165) is 24.0 Å². The van der Waals surface area contributed by atoms with Crippen LogP contribution in [0.15, 0.2) is 42.5 Å². The van der Waals surface area contributed by atoms with Gasteiger partial charge < -0.3 is 10.3 Å². The number of hydrogen-bond acceptors (Lipinski definition) is 2. The molecule has 0 atom stereocenters. The molecule has 0 aliphatic rings. The van der Waals surface area contributed by atoms with E-state index in [1.807, 2.05) is 22.8 Å². The first-order chi connectivity index (χ1) is 9.65. The van der Waals surface area contributed by atoms with E-state index < -0.39 is 0 Å². The number of hydrogen-bond donors (Lipinski definition) is 1. The maximum atomic E-state index is 6.27. The van der Waals surface area contributed by atoms with Crippen LogP contribution in [0.3, 0.4) is 0 Å². The van der Waals surface area contributed by atoms with Crippen LogP contribution in [-0.4, -0.2) is 9.55 Å². The molecule has 4 heteroatoms. The van der Waals surface area contributed by atoms with Crippen LogP contribution in [-0.2, 0) is 13.0 Å². The fourth-order valence-corrected chi connectivity index (χ4v) is 2.77. The lowest BCUT2D eigenvalue weighted by Crippen LogP contribution is -2.06. The first-order valence-electron chi connectivity index (χ1n) is 6.61. The Labute approximate surface area is 123 Å². The number of benzene rings is 2. The fourth-order valence-electron chi connectivity index (χ4n) is 2.49.